The molecule has 2 atom stereocenters. The summed E-state index contributed by atoms with van der Waals surface area (Å²) in [5, 5.41) is -0.367. The average Bonchev–Trinajstić information content (AvgIpc) is 2.29. The standard InChI is InChI=1S/C12H15ClO2S/c13-16(14,15)12-8-4-7-11(9-12)10-5-2-1-3-6-10/h1-3,5-6,11-12H,4,7-9H2. The minimum Gasteiger partial charge on any atom is -0.212 e. The van der Waals surface area contributed by atoms with Gasteiger partial charge in [-0.1, -0.05) is 36.8 Å². The predicted octanol–water partition coefficient (Wildman–Crippen LogP) is 3.28. The van der Waals surface area contributed by atoms with E-state index in [1.165, 1.54) is 5.56 Å². The molecule has 1 aliphatic rings. The topological polar surface area (TPSA) is 34.1 Å². The highest BCUT2D eigenvalue weighted by Gasteiger charge is 2.30. The lowest BCUT2D eigenvalue weighted by Crippen LogP contribution is -2.24. The first kappa shape index (κ1) is 11.9. The Balaban J connectivity index is 2.14. The zero-order valence-corrected chi connectivity index (χ0v) is 10.5. The number of hydrogen-bond acceptors (Lipinski definition) is 2. The van der Waals surface area contributed by atoms with E-state index in [0.29, 0.717) is 18.8 Å². The quantitative estimate of drug-likeness (QED) is 0.763. The van der Waals surface area contributed by atoms with Gasteiger partial charge in [0, 0.05) is 10.7 Å². The Kier molecular flexibility index (Phi) is 3.55. The minimum atomic E-state index is -3.39. The zero-order chi connectivity index (χ0) is 11.6. The van der Waals surface area contributed by atoms with Gasteiger partial charge < -0.3 is 0 Å². The maximum atomic E-state index is 11.3. The van der Waals surface area contributed by atoms with Crippen molar-refractivity contribution in [2.45, 2.75) is 36.9 Å². The largest absolute Gasteiger partial charge is 0.235 e. The molecule has 4 heteroatoms. The van der Waals surface area contributed by atoms with Crippen LogP contribution in [0, 0.1) is 0 Å². The molecule has 1 aromatic carbocycles. The molecule has 0 saturated heterocycles. The van der Waals surface area contributed by atoms with Crippen LogP contribution in [0.3, 0.4) is 0 Å². The molecule has 0 aromatic heterocycles. The van der Waals surface area contributed by atoms with Crippen molar-refractivity contribution >= 4 is 19.7 Å². The van der Waals surface area contributed by atoms with Gasteiger partial charge in [0.15, 0.2) is 0 Å². The monoisotopic (exact) mass is 258 g/mol. The van der Waals surface area contributed by atoms with E-state index >= 15 is 0 Å². The van der Waals surface area contributed by atoms with Crippen LogP contribution in [0.15, 0.2) is 30.3 Å². The fourth-order valence-corrected chi connectivity index (χ4v) is 3.82. The lowest BCUT2D eigenvalue weighted by atomic mass is 9.84. The Morgan fingerprint density at radius 2 is 1.81 bits per heavy atom. The normalized spacial score (nSPS) is 26.6. The number of rotatable bonds is 2. The fraction of sp³-hybridized carbons (Fsp3) is 0.500. The van der Waals surface area contributed by atoms with E-state index in [2.05, 4.69) is 12.1 Å². The third kappa shape index (κ3) is 2.77. The average molecular weight is 259 g/mol. The number of hydrogen-bond donors (Lipinski definition) is 0. The highest BCUT2D eigenvalue weighted by atomic mass is 35.7. The third-order valence-corrected chi connectivity index (χ3v) is 5.28. The number of benzene rings is 1. The molecule has 0 spiro atoms. The smallest absolute Gasteiger partial charge is 0.212 e. The van der Waals surface area contributed by atoms with Crippen molar-refractivity contribution in [2.75, 3.05) is 0 Å². The summed E-state index contributed by atoms with van der Waals surface area (Å²) in [4.78, 5) is 0. The summed E-state index contributed by atoms with van der Waals surface area (Å²) in [5.74, 6) is 0.341. The van der Waals surface area contributed by atoms with Gasteiger partial charge in [-0.05, 0) is 30.7 Å². The molecule has 1 aliphatic carbocycles. The first-order valence-corrected chi connectivity index (χ1v) is 7.93. The van der Waals surface area contributed by atoms with Crippen LogP contribution in [0.1, 0.15) is 37.2 Å². The molecule has 2 unspecified atom stereocenters. The van der Waals surface area contributed by atoms with Crippen molar-refractivity contribution in [3.63, 3.8) is 0 Å². The minimum absolute atomic E-state index is 0.341. The van der Waals surface area contributed by atoms with Crippen molar-refractivity contribution in [3.05, 3.63) is 35.9 Å². The molecule has 0 N–H and O–H groups in total. The molecule has 2 rings (SSSR count). The Hall–Kier alpha value is -0.540. The van der Waals surface area contributed by atoms with E-state index in [9.17, 15) is 8.42 Å². The van der Waals surface area contributed by atoms with Gasteiger partial charge in [-0.2, -0.15) is 0 Å². The van der Waals surface area contributed by atoms with Gasteiger partial charge in [0.2, 0.25) is 9.05 Å². The Labute approximate surface area is 101 Å². The summed E-state index contributed by atoms with van der Waals surface area (Å²) < 4.78 is 22.7. The van der Waals surface area contributed by atoms with E-state index in [0.717, 1.165) is 12.8 Å². The molecule has 0 radical (unpaired) electrons. The summed E-state index contributed by atoms with van der Waals surface area (Å²) >= 11 is 0. The van der Waals surface area contributed by atoms with Crippen molar-refractivity contribution in [1.29, 1.82) is 0 Å². The lowest BCUT2D eigenvalue weighted by Gasteiger charge is -2.27. The van der Waals surface area contributed by atoms with Crippen LogP contribution < -0.4 is 0 Å². The van der Waals surface area contributed by atoms with E-state index in [1.54, 1.807) is 0 Å². The molecule has 0 bridgehead atoms. The van der Waals surface area contributed by atoms with E-state index < -0.39 is 9.05 Å². The molecule has 1 fully saturated rings. The summed E-state index contributed by atoms with van der Waals surface area (Å²) in [6.07, 6.45) is 3.37. The molecule has 88 valence electrons. The van der Waals surface area contributed by atoms with Gasteiger partial charge in [0.1, 0.15) is 0 Å². The van der Waals surface area contributed by atoms with Gasteiger partial charge >= 0.3 is 0 Å². The lowest BCUT2D eigenvalue weighted by molar-refractivity contribution is 0.438. The highest BCUT2D eigenvalue weighted by molar-refractivity contribution is 8.14. The van der Waals surface area contributed by atoms with Gasteiger partial charge in [-0.15, -0.1) is 0 Å². The van der Waals surface area contributed by atoms with Crippen molar-refractivity contribution in [2.24, 2.45) is 0 Å². The van der Waals surface area contributed by atoms with Crippen LogP contribution in [0.2, 0.25) is 0 Å². The Morgan fingerprint density at radius 3 is 2.44 bits per heavy atom. The molecule has 16 heavy (non-hydrogen) atoms. The third-order valence-electron chi connectivity index (χ3n) is 3.30. The molecule has 0 amide bonds. The number of halogens is 1. The van der Waals surface area contributed by atoms with Gasteiger partial charge in [-0.25, -0.2) is 8.42 Å². The van der Waals surface area contributed by atoms with E-state index in [1.807, 2.05) is 18.2 Å². The van der Waals surface area contributed by atoms with Crippen molar-refractivity contribution < 1.29 is 8.42 Å². The summed E-state index contributed by atoms with van der Waals surface area (Å²) in [7, 11) is 2.04. The molecule has 1 saturated carbocycles. The molecule has 1 aromatic rings. The first-order valence-electron chi connectivity index (χ1n) is 5.56. The van der Waals surface area contributed by atoms with Crippen LogP contribution in [0.4, 0.5) is 0 Å². The SMILES string of the molecule is O=S(=O)(Cl)C1CCCC(c2ccccc2)C1. The van der Waals surface area contributed by atoms with E-state index in [-0.39, 0.29) is 5.25 Å². The fourth-order valence-electron chi connectivity index (χ4n) is 2.43. The van der Waals surface area contributed by atoms with E-state index in [4.69, 9.17) is 10.7 Å². The molecule has 0 heterocycles. The van der Waals surface area contributed by atoms with Crippen LogP contribution >= 0.6 is 10.7 Å². The Morgan fingerprint density at radius 1 is 1.12 bits per heavy atom. The second kappa shape index (κ2) is 4.76. The maximum Gasteiger partial charge on any atom is 0.235 e. The van der Waals surface area contributed by atoms with Gasteiger partial charge in [0.25, 0.3) is 0 Å². The molecule has 0 aliphatic heterocycles. The molecular formula is C12H15ClO2S. The van der Waals surface area contributed by atoms with Crippen LogP contribution in [-0.4, -0.2) is 13.7 Å². The zero-order valence-electron chi connectivity index (χ0n) is 8.97. The van der Waals surface area contributed by atoms with Gasteiger partial charge in [0.05, 0.1) is 5.25 Å². The first-order chi connectivity index (χ1) is 7.57. The Bertz CT molecular complexity index is 441. The maximum absolute atomic E-state index is 11.3. The predicted molar refractivity (Wildman–Crippen MR) is 66.2 cm³/mol. The second-order valence-corrected chi connectivity index (χ2v) is 7.28. The van der Waals surface area contributed by atoms with Crippen LogP contribution in [0.25, 0.3) is 0 Å². The van der Waals surface area contributed by atoms with Crippen molar-refractivity contribution in [3.8, 4) is 0 Å². The van der Waals surface area contributed by atoms with Crippen LogP contribution in [-0.2, 0) is 9.05 Å². The summed E-state index contributed by atoms with van der Waals surface area (Å²) in [6.45, 7) is 0. The van der Waals surface area contributed by atoms with Gasteiger partial charge in [-0.3, -0.25) is 0 Å². The highest BCUT2D eigenvalue weighted by Crippen LogP contribution is 2.36. The summed E-state index contributed by atoms with van der Waals surface area (Å²) in [5.41, 5.74) is 1.23. The molecule has 2 nitrogen and oxygen atoms in total. The van der Waals surface area contributed by atoms with Crippen molar-refractivity contribution in [1.82, 2.24) is 0 Å². The summed E-state index contributed by atoms with van der Waals surface area (Å²) in [6, 6.07) is 10.1. The molecular weight excluding hydrogens is 244 g/mol. The van der Waals surface area contributed by atoms with Crippen LogP contribution in [0.5, 0.6) is 0 Å². The second-order valence-electron chi connectivity index (χ2n) is 4.37.